The van der Waals surface area contributed by atoms with E-state index >= 15 is 0 Å². The molecule has 0 aromatic carbocycles. The van der Waals surface area contributed by atoms with Crippen LogP contribution in [0.4, 0.5) is 0 Å². The van der Waals surface area contributed by atoms with Crippen LogP contribution in [0.1, 0.15) is 72.1 Å². The fraction of sp³-hybridized carbons (Fsp3) is 0.708. The summed E-state index contributed by atoms with van der Waals surface area (Å²) in [7, 11) is 0. The molecule has 0 aliphatic heterocycles. The molecule has 0 saturated heterocycles. The minimum Gasteiger partial charge on any atom is -0.481 e. The number of carbonyl (C=O) groups excluding carboxylic acids is 2. The molecule has 1 aliphatic rings. The summed E-state index contributed by atoms with van der Waals surface area (Å²) in [5.41, 5.74) is 0. The molecule has 0 aromatic heterocycles. The fourth-order valence-electron chi connectivity index (χ4n) is 4.06. The Kier molecular flexibility index (Phi) is 12.9. The zero-order valence-electron chi connectivity index (χ0n) is 19.3. The highest BCUT2D eigenvalue weighted by Crippen LogP contribution is 2.38. The average molecular weight is 455 g/mol. The van der Waals surface area contributed by atoms with E-state index in [4.69, 9.17) is 14.6 Å². The highest BCUT2D eigenvalue weighted by atomic mass is 16.5. The lowest BCUT2D eigenvalue weighted by atomic mass is 9.89. The van der Waals surface area contributed by atoms with Crippen molar-refractivity contribution in [3.63, 3.8) is 0 Å². The van der Waals surface area contributed by atoms with Crippen molar-refractivity contribution in [2.75, 3.05) is 0 Å². The highest BCUT2D eigenvalue weighted by molar-refractivity contribution is 5.67. The Labute approximate surface area is 190 Å². The number of carboxylic acids is 1. The predicted octanol–water partition coefficient (Wildman–Crippen LogP) is 3.16. The Balaban J connectivity index is 2.72. The van der Waals surface area contributed by atoms with Crippen LogP contribution in [0.15, 0.2) is 24.3 Å². The van der Waals surface area contributed by atoms with Gasteiger partial charge in [-0.3, -0.25) is 14.4 Å². The monoisotopic (exact) mass is 454 g/mol. The second-order valence-corrected chi connectivity index (χ2v) is 8.35. The number of hydrogen-bond acceptors (Lipinski definition) is 7. The third-order valence-corrected chi connectivity index (χ3v) is 5.67. The van der Waals surface area contributed by atoms with Gasteiger partial charge in [-0.2, -0.15) is 0 Å². The van der Waals surface area contributed by atoms with Gasteiger partial charge < -0.3 is 24.8 Å². The van der Waals surface area contributed by atoms with E-state index in [1.54, 1.807) is 6.08 Å². The van der Waals surface area contributed by atoms with Gasteiger partial charge in [-0.25, -0.2) is 0 Å². The minimum absolute atomic E-state index is 0.116. The van der Waals surface area contributed by atoms with Crippen molar-refractivity contribution in [1.29, 1.82) is 0 Å². The van der Waals surface area contributed by atoms with Crippen LogP contribution in [0, 0.1) is 11.8 Å². The van der Waals surface area contributed by atoms with Crippen molar-refractivity contribution in [2.24, 2.45) is 11.8 Å². The van der Waals surface area contributed by atoms with E-state index in [1.807, 2.05) is 25.2 Å². The van der Waals surface area contributed by atoms with Gasteiger partial charge in [0.05, 0.1) is 12.2 Å². The van der Waals surface area contributed by atoms with Crippen LogP contribution in [0.3, 0.4) is 0 Å². The number of unbranched alkanes of at least 4 members (excludes halogenated alkanes) is 1. The zero-order chi connectivity index (χ0) is 24.1. The van der Waals surface area contributed by atoms with Crippen LogP contribution in [0.2, 0.25) is 0 Å². The van der Waals surface area contributed by atoms with Gasteiger partial charge in [-0.05, 0) is 44.4 Å². The lowest BCUT2D eigenvalue weighted by molar-refractivity contribution is -0.148. The van der Waals surface area contributed by atoms with E-state index in [0.717, 1.165) is 0 Å². The third-order valence-electron chi connectivity index (χ3n) is 5.67. The van der Waals surface area contributed by atoms with Gasteiger partial charge in [0.1, 0.15) is 12.2 Å². The van der Waals surface area contributed by atoms with E-state index in [1.165, 1.54) is 13.8 Å². The molecule has 0 aromatic rings. The quantitative estimate of drug-likeness (QED) is 0.207. The molecule has 6 atom stereocenters. The van der Waals surface area contributed by atoms with E-state index in [9.17, 15) is 24.6 Å². The molecule has 0 amide bonds. The first-order chi connectivity index (χ1) is 15.1. The smallest absolute Gasteiger partial charge is 0.303 e. The van der Waals surface area contributed by atoms with Gasteiger partial charge in [0, 0.05) is 32.6 Å². The molecule has 1 saturated carbocycles. The molecule has 8 nitrogen and oxygen atoms in total. The molecule has 1 rings (SSSR count). The van der Waals surface area contributed by atoms with Crippen LogP contribution in [-0.4, -0.2) is 57.6 Å². The summed E-state index contributed by atoms with van der Waals surface area (Å²) in [6.45, 7) is 4.61. The molecule has 182 valence electrons. The van der Waals surface area contributed by atoms with Gasteiger partial charge in [0.15, 0.2) is 0 Å². The van der Waals surface area contributed by atoms with Crippen molar-refractivity contribution < 1.29 is 39.2 Å². The summed E-state index contributed by atoms with van der Waals surface area (Å²) >= 11 is 0. The number of rotatable bonds is 14. The molecular formula is C24H38O8. The predicted molar refractivity (Wildman–Crippen MR) is 119 cm³/mol. The largest absolute Gasteiger partial charge is 0.481 e. The normalized spacial score (nSPS) is 25.2. The number of aliphatic carboxylic acids is 1. The zero-order valence-corrected chi connectivity index (χ0v) is 19.3. The van der Waals surface area contributed by atoms with E-state index in [2.05, 4.69) is 0 Å². The minimum atomic E-state index is -0.823. The summed E-state index contributed by atoms with van der Waals surface area (Å²) in [4.78, 5) is 33.2. The second-order valence-electron chi connectivity index (χ2n) is 8.35. The Morgan fingerprint density at radius 1 is 1.12 bits per heavy atom. The first-order valence-electron chi connectivity index (χ1n) is 11.4. The van der Waals surface area contributed by atoms with Crippen molar-refractivity contribution in [3.05, 3.63) is 24.3 Å². The Hall–Kier alpha value is -2.19. The van der Waals surface area contributed by atoms with Crippen LogP contribution in [0.25, 0.3) is 0 Å². The summed E-state index contributed by atoms with van der Waals surface area (Å²) < 4.78 is 10.6. The maximum Gasteiger partial charge on any atom is 0.303 e. The van der Waals surface area contributed by atoms with Gasteiger partial charge in [-0.15, -0.1) is 0 Å². The van der Waals surface area contributed by atoms with Crippen LogP contribution >= 0.6 is 0 Å². The molecule has 0 bridgehead atoms. The maximum atomic E-state index is 11.5. The van der Waals surface area contributed by atoms with E-state index < -0.39 is 30.3 Å². The van der Waals surface area contributed by atoms with Crippen molar-refractivity contribution >= 4 is 17.9 Å². The number of esters is 2. The number of carboxylic acid groups (broad SMARTS) is 1. The number of aliphatic hydroxyl groups is 2. The fourth-order valence-corrected chi connectivity index (χ4v) is 4.06. The number of aliphatic hydroxyl groups excluding tert-OH is 2. The Bertz CT molecular complexity index is 656. The Morgan fingerprint density at radius 2 is 1.84 bits per heavy atom. The summed E-state index contributed by atoms with van der Waals surface area (Å²) in [6.07, 6.45) is 9.00. The van der Waals surface area contributed by atoms with Crippen LogP contribution in [-0.2, 0) is 23.9 Å². The van der Waals surface area contributed by atoms with Crippen LogP contribution < -0.4 is 0 Å². The van der Waals surface area contributed by atoms with E-state index in [-0.39, 0.29) is 30.3 Å². The standard InChI is InChI=1S/C24H38O8/c1-4-19(31-16(2)25)13-11-18(27)12-14-21-20(9-7-5-6-8-10-24(29)30)22(28)15-23(21)32-17(3)26/h5,7,12,14,18-23,27-28H,4,6,8-11,13,15H2,1-3H3,(H,29,30)/b7-5-,14-12+/t18-,19?,20+,21+,22-,23+/m0/s1. The number of carbonyl (C=O) groups is 3. The van der Waals surface area contributed by atoms with Crippen molar-refractivity contribution in [1.82, 2.24) is 0 Å². The van der Waals surface area contributed by atoms with E-state index in [0.29, 0.717) is 44.9 Å². The van der Waals surface area contributed by atoms with Crippen molar-refractivity contribution in [3.8, 4) is 0 Å². The third kappa shape index (κ3) is 10.9. The molecule has 0 heterocycles. The van der Waals surface area contributed by atoms with Gasteiger partial charge >= 0.3 is 17.9 Å². The summed E-state index contributed by atoms with van der Waals surface area (Å²) in [6, 6.07) is 0. The maximum absolute atomic E-state index is 11.5. The van der Waals surface area contributed by atoms with Gasteiger partial charge in [0.25, 0.3) is 0 Å². The molecule has 0 spiro atoms. The molecule has 1 aliphatic carbocycles. The van der Waals surface area contributed by atoms with Gasteiger partial charge in [0.2, 0.25) is 0 Å². The first-order valence-corrected chi connectivity index (χ1v) is 11.4. The second kappa shape index (κ2) is 14.8. The molecular weight excluding hydrogens is 416 g/mol. The average Bonchev–Trinajstić information content (AvgIpc) is 2.99. The summed E-state index contributed by atoms with van der Waals surface area (Å²) in [5, 5.41) is 29.6. The lowest BCUT2D eigenvalue weighted by Gasteiger charge is -2.22. The summed E-state index contributed by atoms with van der Waals surface area (Å²) in [5.74, 6) is -2.01. The topological polar surface area (TPSA) is 130 Å². The van der Waals surface area contributed by atoms with Crippen molar-refractivity contribution in [2.45, 2.75) is 96.6 Å². The lowest BCUT2D eigenvalue weighted by Crippen LogP contribution is -2.24. The first kappa shape index (κ1) is 27.8. The highest BCUT2D eigenvalue weighted by Gasteiger charge is 2.42. The van der Waals surface area contributed by atoms with Crippen LogP contribution in [0.5, 0.6) is 0 Å². The molecule has 3 N–H and O–H groups in total. The molecule has 8 heteroatoms. The Morgan fingerprint density at radius 3 is 2.44 bits per heavy atom. The number of allylic oxidation sites excluding steroid dienone is 2. The molecule has 1 unspecified atom stereocenters. The number of hydrogen-bond donors (Lipinski definition) is 3. The molecule has 1 fully saturated rings. The number of ether oxygens (including phenoxy) is 2. The molecule has 32 heavy (non-hydrogen) atoms. The van der Waals surface area contributed by atoms with Gasteiger partial charge in [-0.1, -0.05) is 31.2 Å². The SMILES string of the molecule is CCC(CC[C@H](O)/C=C/[C@@H]1[C@@H](C/C=C\CCCC(=O)O)[C@@H](O)C[C@H]1OC(C)=O)OC(C)=O. The molecule has 0 radical (unpaired) electrons.